The first-order valence-electron chi connectivity index (χ1n) is 6.07. The number of carboxylic acid groups (broad SMARTS) is 1. The number of aryl methyl sites for hydroxylation is 1. The summed E-state index contributed by atoms with van der Waals surface area (Å²) in [6.45, 7) is 2.56. The van der Waals surface area contributed by atoms with E-state index in [0.29, 0.717) is 15.4 Å². The molecule has 2 rings (SSSR count). The summed E-state index contributed by atoms with van der Waals surface area (Å²) in [7, 11) is 1.29. The fourth-order valence-electron chi connectivity index (χ4n) is 2.48. The van der Waals surface area contributed by atoms with Crippen LogP contribution in [0, 0.1) is 0 Å². The van der Waals surface area contributed by atoms with Crippen molar-refractivity contribution in [2.45, 2.75) is 25.4 Å². The maximum Gasteiger partial charge on any atom is 0.431 e. The van der Waals surface area contributed by atoms with Crippen LogP contribution in [-0.4, -0.2) is 15.6 Å². The van der Waals surface area contributed by atoms with Gasteiger partial charge in [0.05, 0.1) is 5.41 Å². The van der Waals surface area contributed by atoms with Crippen LogP contribution in [0.25, 0.3) is 10.9 Å². The summed E-state index contributed by atoms with van der Waals surface area (Å²) in [6.07, 6.45) is -4.64. The molecule has 21 heavy (non-hydrogen) atoms. The van der Waals surface area contributed by atoms with E-state index in [2.05, 4.69) is 15.9 Å². The number of rotatable bonds is 2. The van der Waals surface area contributed by atoms with Gasteiger partial charge in [-0.3, -0.25) is 4.79 Å². The van der Waals surface area contributed by atoms with Gasteiger partial charge in [-0.2, -0.15) is 13.2 Å². The average Bonchev–Trinajstić information content (AvgIpc) is 2.62. The molecular weight excluding hydrogens is 351 g/mol. The van der Waals surface area contributed by atoms with Crippen molar-refractivity contribution < 1.29 is 23.1 Å². The van der Waals surface area contributed by atoms with Crippen LogP contribution in [0.2, 0.25) is 0 Å². The van der Waals surface area contributed by atoms with Gasteiger partial charge in [0.2, 0.25) is 0 Å². The zero-order valence-corrected chi connectivity index (χ0v) is 13.1. The molecule has 0 bridgehead atoms. The molecule has 1 aromatic heterocycles. The molecule has 1 N–H and O–H groups in total. The Hall–Kier alpha value is -1.50. The summed E-state index contributed by atoms with van der Waals surface area (Å²) < 4.78 is 41.9. The number of nitrogens with zero attached hydrogens (tertiary/aromatic N) is 1. The Bertz CT molecular complexity index is 732. The van der Waals surface area contributed by atoms with Gasteiger partial charge in [-0.15, -0.1) is 0 Å². The third-order valence-corrected chi connectivity index (χ3v) is 4.08. The Morgan fingerprint density at radius 1 is 1.29 bits per heavy atom. The quantitative estimate of drug-likeness (QED) is 0.863. The maximum atomic E-state index is 13.4. The van der Waals surface area contributed by atoms with E-state index in [4.69, 9.17) is 0 Å². The fourth-order valence-corrected chi connectivity index (χ4v) is 2.83. The number of hydrogen-bond donors (Lipinski definition) is 1. The number of fused-ring (bicyclic) bond motifs is 1. The number of aliphatic carboxylic acids is 1. The fraction of sp³-hybridized carbons (Fsp3) is 0.357. The molecule has 0 radical (unpaired) electrons. The van der Waals surface area contributed by atoms with Gasteiger partial charge >= 0.3 is 12.1 Å². The first-order valence-corrected chi connectivity index (χ1v) is 6.86. The van der Waals surface area contributed by atoms with Gasteiger partial charge in [0.1, 0.15) is 5.69 Å². The van der Waals surface area contributed by atoms with Gasteiger partial charge < -0.3 is 9.67 Å². The van der Waals surface area contributed by atoms with E-state index >= 15 is 0 Å². The van der Waals surface area contributed by atoms with Crippen molar-refractivity contribution in [3.63, 3.8) is 0 Å². The smallest absolute Gasteiger partial charge is 0.431 e. The number of alkyl halides is 3. The van der Waals surface area contributed by atoms with E-state index in [9.17, 15) is 23.1 Å². The second-order valence-corrected chi connectivity index (χ2v) is 6.29. The van der Waals surface area contributed by atoms with E-state index in [1.807, 2.05) is 0 Å². The van der Waals surface area contributed by atoms with Crippen LogP contribution >= 0.6 is 15.9 Å². The van der Waals surface area contributed by atoms with Crippen molar-refractivity contribution in [1.82, 2.24) is 4.57 Å². The van der Waals surface area contributed by atoms with Gasteiger partial charge in [0.25, 0.3) is 0 Å². The molecule has 0 atom stereocenters. The number of carboxylic acids is 1. The molecule has 7 heteroatoms. The maximum absolute atomic E-state index is 13.4. The summed E-state index contributed by atoms with van der Waals surface area (Å²) in [6, 6.07) is 4.66. The molecule has 0 amide bonds. The minimum absolute atomic E-state index is 0.215. The predicted octanol–water partition coefficient (Wildman–Crippen LogP) is 4.32. The minimum Gasteiger partial charge on any atom is -0.481 e. The second kappa shape index (κ2) is 4.76. The van der Waals surface area contributed by atoms with E-state index in [0.717, 1.165) is 4.57 Å². The highest BCUT2D eigenvalue weighted by Crippen LogP contribution is 2.43. The predicted molar refractivity (Wildman–Crippen MR) is 76.3 cm³/mol. The Morgan fingerprint density at radius 2 is 1.86 bits per heavy atom. The number of benzene rings is 1. The lowest BCUT2D eigenvalue weighted by Crippen LogP contribution is -2.31. The molecule has 0 fully saturated rings. The molecule has 0 aliphatic heterocycles. The van der Waals surface area contributed by atoms with Gasteiger partial charge in [-0.1, -0.05) is 22.0 Å². The second-order valence-electron chi connectivity index (χ2n) is 5.37. The summed E-state index contributed by atoms with van der Waals surface area (Å²) in [5.74, 6) is -1.30. The lowest BCUT2D eigenvalue weighted by molar-refractivity contribution is -0.147. The van der Waals surface area contributed by atoms with Crippen molar-refractivity contribution in [2.75, 3.05) is 0 Å². The molecule has 0 unspecified atom stereocenters. The van der Waals surface area contributed by atoms with Crippen molar-refractivity contribution in [1.29, 1.82) is 0 Å². The lowest BCUT2D eigenvalue weighted by atomic mass is 9.82. The number of carbonyl (C=O) groups is 1. The first kappa shape index (κ1) is 15.9. The zero-order valence-electron chi connectivity index (χ0n) is 11.5. The molecule has 2 aromatic rings. The molecule has 114 valence electrons. The molecule has 0 saturated carbocycles. The Labute approximate surface area is 127 Å². The number of hydrogen-bond acceptors (Lipinski definition) is 1. The number of halogens is 4. The number of aromatic nitrogens is 1. The summed E-state index contributed by atoms with van der Waals surface area (Å²) in [5, 5.41) is 9.61. The highest BCUT2D eigenvalue weighted by Gasteiger charge is 2.45. The molecule has 1 aromatic carbocycles. The topological polar surface area (TPSA) is 42.2 Å². The van der Waals surface area contributed by atoms with Crippen LogP contribution < -0.4 is 0 Å². The van der Waals surface area contributed by atoms with Crippen molar-refractivity contribution in [3.05, 3.63) is 33.9 Å². The lowest BCUT2D eigenvalue weighted by Gasteiger charge is -2.22. The Kier molecular flexibility index (Phi) is 3.60. The highest BCUT2D eigenvalue weighted by atomic mass is 79.9. The van der Waals surface area contributed by atoms with Crippen LogP contribution in [0.5, 0.6) is 0 Å². The minimum atomic E-state index is -4.64. The zero-order chi connectivity index (χ0) is 16.2. The van der Waals surface area contributed by atoms with E-state index in [1.54, 1.807) is 12.1 Å². The van der Waals surface area contributed by atoms with Crippen molar-refractivity contribution in [2.24, 2.45) is 7.05 Å². The van der Waals surface area contributed by atoms with Crippen LogP contribution in [0.4, 0.5) is 13.2 Å². The van der Waals surface area contributed by atoms with Crippen LogP contribution in [0.3, 0.4) is 0 Å². The van der Waals surface area contributed by atoms with Gasteiger partial charge in [0.15, 0.2) is 0 Å². The van der Waals surface area contributed by atoms with Crippen LogP contribution in [0.15, 0.2) is 22.7 Å². The standard InChI is InChI=1S/C14H13BrF3NO2/c1-13(2,12(20)21)10-8-5-4-7(15)6-9(8)19(3)11(10)14(16,17)18/h4-6H,1-3H3,(H,20,21). The summed E-state index contributed by atoms with van der Waals surface area (Å²) >= 11 is 3.22. The van der Waals surface area contributed by atoms with Crippen LogP contribution in [-0.2, 0) is 23.4 Å². The molecule has 0 aliphatic carbocycles. The molecule has 1 heterocycles. The summed E-state index contributed by atoms with van der Waals surface area (Å²) in [5.41, 5.74) is -2.46. The normalized spacial score (nSPS) is 12.9. The van der Waals surface area contributed by atoms with Gasteiger partial charge in [-0.05, 0) is 26.0 Å². The molecule has 0 spiro atoms. The Balaban J connectivity index is 3.00. The van der Waals surface area contributed by atoms with Crippen molar-refractivity contribution >= 4 is 32.8 Å². The molecular formula is C14H13BrF3NO2. The third kappa shape index (κ3) is 2.43. The Morgan fingerprint density at radius 3 is 2.33 bits per heavy atom. The van der Waals surface area contributed by atoms with E-state index in [1.165, 1.54) is 27.0 Å². The third-order valence-electron chi connectivity index (χ3n) is 3.59. The average molecular weight is 364 g/mol. The largest absolute Gasteiger partial charge is 0.481 e. The highest BCUT2D eigenvalue weighted by molar-refractivity contribution is 9.10. The SMILES string of the molecule is Cn1c(C(F)(F)F)c(C(C)(C)C(=O)O)c2ccc(Br)cc21. The molecule has 0 saturated heterocycles. The molecule has 0 aliphatic rings. The summed E-state index contributed by atoms with van der Waals surface area (Å²) in [4.78, 5) is 11.4. The van der Waals surface area contributed by atoms with Gasteiger partial charge in [0, 0.05) is 28.0 Å². The van der Waals surface area contributed by atoms with E-state index in [-0.39, 0.29) is 5.56 Å². The van der Waals surface area contributed by atoms with Crippen molar-refractivity contribution in [3.8, 4) is 0 Å². The van der Waals surface area contributed by atoms with Crippen LogP contribution in [0.1, 0.15) is 25.1 Å². The van der Waals surface area contributed by atoms with Gasteiger partial charge in [-0.25, -0.2) is 0 Å². The molecule has 3 nitrogen and oxygen atoms in total. The van der Waals surface area contributed by atoms with E-state index < -0.39 is 23.3 Å². The first-order chi connectivity index (χ1) is 9.48. The monoisotopic (exact) mass is 363 g/mol.